The maximum atomic E-state index is 12.7. The minimum atomic E-state index is -0.785. The molecule has 0 atom stereocenters. The lowest BCUT2D eigenvalue weighted by Gasteiger charge is -2.07. The van der Waals surface area contributed by atoms with Crippen LogP contribution in [-0.2, 0) is 16.0 Å². The van der Waals surface area contributed by atoms with E-state index >= 15 is 0 Å². The van der Waals surface area contributed by atoms with Gasteiger partial charge in [-0.25, -0.2) is 4.39 Å². The largest absolute Gasteiger partial charge is 0.347 e. The number of halogens is 2. The molecule has 2 rings (SSSR count). The molecule has 4 nitrogen and oxygen atoms in total. The van der Waals surface area contributed by atoms with Crippen LogP contribution in [0.15, 0.2) is 48.5 Å². The average Bonchev–Trinajstić information content (AvgIpc) is 2.51. The van der Waals surface area contributed by atoms with Crippen molar-refractivity contribution in [1.29, 1.82) is 0 Å². The van der Waals surface area contributed by atoms with E-state index in [2.05, 4.69) is 10.6 Å². The van der Waals surface area contributed by atoms with E-state index in [0.717, 1.165) is 5.56 Å². The first kappa shape index (κ1) is 16.0. The van der Waals surface area contributed by atoms with Crippen LogP contribution < -0.4 is 10.6 Å². The van der Waals surface area contributed by atoms with Gasteiger partial charge in [-0.2, -0.15) is 0 Å². The number of hydrogen-bond acceptors (Lipinski definition) is 2. The van der Waals surface area contributed by atoms with Gasteiger partial charge >= 0.3 is 11.8 Å². The molecule has 0 spiro atoms. The fourth-order valence-electron chi connectivity index (χ4n) is 1.79. The lowest BCUT2D eigenvalue weighted by molar-refractivity contribution is -0.136. The number of anilines is 1. The Morgan fingerprint density at radius 2 is 1.68 bits per heavy atom. The zero-order valence-corrected chi connectivity index (χ0v) is 12.4. The number of carbonyl (C=O) groups is 2. The van der Waals surface area contributed by atoms with Crippen molar-refractivity contribution in [2.24, 2.45) is 0 Å². The van der Waals surface area contributed by atoms with Gasteiger partial charge in [-0.1, -0.05) is 35.9 Å². The number of benzene rings is 2. The summed E-state index contributed by atoms with van der Waals surface area (Å²) in [4.78, 5) is 23.4. The van der Waals surface area contributed by atoms with Crippen LogP contribution in [0, 0.1) is 5.82 Å². The number of nitrogens with one attached hydrogen (secondary N) is 2. The first-order valence-electron chi connectivity index (χ1n) is 6.64. The zero-order chi connectivity index (χ0) is 15.9. The Balaban J connectivity index is 1.80. The summed E-state index contributed by atoms with van der Waals surface area (Å²) in [6.07, 6.45) is 0.505. The van der Waals surface area contributed by atoms with E-state index < -0.39 is 11.8 Å². The van der Waals surface area contributed by atoms with Gasteiger partial charge in [0, 0.05) is 6.54 Å². The van der Waals surface area contributed by atoms with E-state index in [1.165, 1.54) is 12.1 Å². The highest BCUT2D eigenvalue weighted by Crippen LogP contribution is 2.20. The van der Waals surface area contributed by atoms with E-state index in [9.17, 15) is 14.0 Å². The third kappa shape index (κ3) is 4.56. The van der Waals surface area contributed by atoms with Crippen molar-refractivity contribution in [2.45, 2.75) is 6.42 Å². The summed E-state index contributed by atoms with van der Waals surface area (Å²) in [6, 6.07) is 12.6. The van der Waals surface area contributed by atoms with E-state index in [4.69, 9.17) is 11.6 Å². The molecular formula is C16H14ClFN2O2. The summed E-state index contributed by atoms with van der Waals surface area (Å²) in [6.45, 7) is 0.278. The standard InChI is InChI=1S/C16H14ClFN2O2/c17-13-3-1-2-4-14(13)20-16(22)15(21)19-10-9-11-5-7-12(18)8-6-11/h1-8H,9-10H2,(H,19,21)(H,20,22). The topological polar surface area (TPSA) is 58.2 Å². The van der Waals surface area contributed by atoms with E-state index in [1.54, 1.807) is 36.4 Å². The Morgan fingerprint density at radius 3 is 2.36 bits per heavy atom. The van der Waals surface area contributed by atoms with Crippen molar-refractivity contribution >= 4 is 29.1 Å². The predicted molar refractivity (Wildman–Crippen MR) is 83.2 cm³/mol. The van der Waals surface area contributed by atoms with Gasteiger partial charge in [0.05, 0.1) is 10.7 Å². The number of hydrogen-bond donors (Lipinski definition) is 2. The van der Waals surface area contributed by atoms with Crippen LogP contribution in [0.25, 0.3) is 0 Å². The summed E-state index contributed by atoms with van der Waals surface area (Å²) in [5, 5.41) is 5.29. The zero-order valence-electron chi connectivity index (χ0n) is 11.6. The van der Waals surface area contributed by atoms with Crippen molar-refractivity contribution in [3.63, 3.8) is 0 Å². The third-order valence-corrected chi connectivity index (χ3v) is 3.27. The number of amides is 2. The van der Waals surface area contributed by atoms with Crippen LogP contribution in [0.4, 0.5) is 10.1 Å². The summed E-state index contributed by atoms with van der Waals surface area (Å²) in [5.41, 5.74) is 1.25. The second kappa shape index (κ2) is 7.56. The van der Waals surface area contributed by atoms with Gasteiger partial charge < -0.3 is 10.6 Å². The van der Waals surface area contributed by atoms with Crippen molar-refractivity contribution in [2.75, 3.05) is 11.9 Å². The molecule has 0 radical (unpaired) electrons. The molecule has 114 valence electrons. The molecule has 0 aliphatic heterocycles. The van der Waals surface area contributed by atoms with E-state index in [0.29, 0.717) is 17.1 Å². The maximum Gasteiger partial charge on any atom is 0.313 e. The third-order valence-electron chi connectivity index (χ3n) is 2.94. The molecule has 0 fully saturated rings. The monoisotopic (exact) mass is 320 g/mol. The van der Waals surface area contributed by atoms with Crippen LogP contribution in [0.2, 0.25) is 5.02 Å². The number of rotatable bonds is 4. The molecule has 0 unspecified atom stereocenters. The number of carbonyl (C=O) groups excluding carboxylic acids is 2. The Labute approximate surface area is 132 Å². The summed E-state index contributed by atoms with van der Waals surface area (Å²) >= 11 is 5.89. The molecule has 0 aromatic heterocycles. The summed E-state index contributed by atoms with van der Waals surface area (Å²) < 4.78 is 12.7. The quantitative estimate of drug-likeness (QED) is 0.851. The van der Waals surface area contributed by atoms with Gasteiger partial charge in [0.2, 0.25) is 0 Å². The Morgan fingerprint density at radius 1 is 1.00 bits per heavy atom. The molecule has 0 aliphatic rings. The molecule has 6 heteroatoms. The molecule has 2 N–H and O–H groups in total. The minimum absolute atomic E-state index is 0.278. The predicted octanol–water partition coefficient (Wildman–Crippen LogP) is 2.78. The summed E-state index contributed by atoms with van der Waals surface area (Å²) in [5.74, 6) is -1.85. The van der Waals surface area contributed by atoms with Crippen molar-refractivity contribution in [3.8, 4) is 0 Å². The maximum absolute atomic E-state index is 12.7. The Bertz CT molecular complexity index is 674. The molecule has 0 saturated heterocycles. The van der Waals surface area contributed by atoms with Crippen LogP contribution in [-0.4, -0.2) is 18.4 Å². The molecule has 2 amide bonds. The second-order valence-electron chi connectivity index (χ2n) is 4.57. The first-order chi connectivity index (χ1) is 10.6. The Hall–Kier alpha value is -2.40. The highest BCUT2D eigenvalue weighted by Gasteiger charge is 2.14. The lowest BCUT2D eigenvalue weighted by atomic mass is 10.1. The van der Waals surface area contributed by atoms with Crippen molar-refractivity contribution in [3.05, 3.63) is 64.9 Å². The molecule has 0 heterocycles. The molecule has 2 aromatic carbocycles. The highest BCUT2D eigenvalue weighted by atomic mass is 35.5. The lowest BCUT2D eigenvalue weighted by Crippen LogP contribution is -2.36. The first-order valence-corrected chi connectivity index (χ1v) is 7.02. The van der Waals surface area contributed by atoms with Gasteiger partial charge in [-0.3, -0.25) is 9.59 Å². The molecule has 22 heavy (non-hydrogen) atoms. The minimum Gasteiger partial charge on any atom is -0.347 e. The van der Waals surface area contributed by atoms with Crippen molar-refractivity contribution < 1.29 is 14.0 Å². The average molecular weight is 321 g/mol. The smallest absolute Gasteiger partial charge is 0.313 e. The molecule has 0 saturated carbocycles. The van der Waals surface area contributed by atoms with E-state index in [1.807, 2.05) is 0 Å². The van der Waals surface area contributed by atoms with Gasteiger partial charge in [0.1, 0.15) is 5.82 Å². The van der Waals surface area contributed by atoms with Crippen LogP contribution in [0.5, 0.6) is 0 Å². The van der Waals surface area contributed by atoms with Crippen LogP contribution in [0.1, 0.15) is 5.56 Å². The van der Waals surface area contributed by atoms with Gasteiger partial charge in [0.25, 0.3) is 0 Å². The fourth-order valence-corrected chi connectivity index (χ4v) is 1.98. The highest BCUT2D eigenvalue weighted by molar-refractivity contribution is 6.41. The molecule has 0 aliphatic carbocycles. The van der Waals surface area contributed by atoms with Gasteiger partial charge in [-0.15, -0.1) is 0 Å². The molecular weight excluding hydrogens is 307 g/mol. The SMILES string of the molecule is O=C(NCCc1ccc(F)cc1)C(=O)Nc1ccccc1Cl. The Kier molecular flexibility index (Phi) is 5.49. The number of para-hydroxylation sites is 1. The molecule has 2 aromatic rings. The summed E-state index contributed by atoms with van der Waals surface area (Å²) in [7, 11) is 0. The molecule has 0 bridgehead atoms. The van der Waals surface area contributed by atoms with Crippen LogP contribution >= 0.6 is 11.6 Å². The van der Waals surface area contributed by atoms with Crippen molar-refractivity contribution in [1.82, 2.24) is 5.32 Å². The van der Waals surface area contributed by atoms with E-state index in [-0.39, 0.29) is 12.4 Å². The second-order valence-corrected chi connectivity index (χ2v) is 4.97. The fraction of sp³-hybridized carbons (Fsp3) is 0.125. The van der Waals surface area contributed by atoms with Crippen LogP contribution in [0.3, 0.4) is 0 Å². The van der Waals surface area contributed by atoms with Gasteiger partial charge in [-0.05, 0) is 36.2 Å². The normalized spacial score (nSPS) is 10.1. The van der Waals surface area contributed by atoms with Gasteiger partial charge in [0.15, 0.2) is 0 Å².